The van der Waals surface area contributed by atoms with Gasteiger partial charge in [-0.25, -0.2) is 14.8 Å². The molecule has 0 spiro atoms. The lowest BCUT2D eigenvalue weighted by molar-refractivity contribution is 0.253. The van der Waals surface area contributed by atoms with Gasteiger partial charge in [0, 0.05) is 17.8 Å². The SMILES string of the molecule is N#Cc1csc(NC(=O)n2ccnc2)n1. The van der Waals surface area contributed by atoms with Crippen LogP contribution in [0.5, 0.6) is 0 Å². The summed E-state index contributed by atoms with van der Waals surface area (Å²) in [5, 5.41) is 13.0. The molecule has 0 atom stereocenters. The Balaban J connectivity index is 2.10. The fraction of sp³-hybridized carbons (Fsp3) is 0. The normalized spacial score (nSPS) is 9.53. The zero-order chi connectivity index (χ0) is 10.7. The molecule has 6 nitrogen and oxygen atoms in total. The first-order valence-electron chi connectivity index (χ1n) is 3.94. The van der Waals surface area contributed by atoms with Gasteiger partial charge in [-0.15, -0.1) is 11.3 Å². The Morgan fingerprint density at radius 3 is 3.13 bits per heavy atom. The molecule has 0 saturated carbocycles. The highest BCUT2D eigenvalue weighted by Crippen LogP contribution is 2.14. The second-order valence-electron chi connectivity index (χ2n) is 2.55. The van der Waals surface area contributed by atoms with Crippen molar-refractivity contribution in [1.82, 2.24) is 14.5 Å². The van der Waals surface area contributed by atoms with Crippen LogP contribution in [0.3, 0.4) is 0 Å². The van der Waals surface area contributed by atoms with E-state index in [4.69, 9.17) is 5.26 Å². The van der Waals surface area contributed by atoms with Crippen LogP contribution in [0, 0.1) is 11.3 Å². The Morgan fingerprint density at radius 1 is 1.67 bits per heavy atom. The second kappa shape index (κ2) is 3.89. The fourth-order valence-electron chi connectivity index (χ4n) is 0.918. The van der Waals surface area contributed by atoms with Crippen molar-refractivity contribution < 1.29 is 4.79 Å². The van der Waals surface area contributed by atoms with Crippen LogP contribution in [0.1, 0.15) is 5.69 Å². The number of hydrogen-bond acceptors (Lipinski definition) is 5. The quantitative estimate of drug-likeness (QED) is 0.783. The number of rotatable bonds is 1. The number of amides is 1. The number of imidazole rings is 1. The Kier molecular flexibility index (Phi) is 2.43. The number of carbonyl (C=O) groups is 1. The lowest BCUT2D eigenvalue weighted by Gasteiger charge is -1.99. The van der Waals surface area contributed by atoms with Crippen molar-refractivity contribution >= 4 is 22.5 Å². The van der Waals surface area contributed by atoms with E-state index < -0.39 is 0 Å². The summed E-state index contributed by atoms with van der Waals surface area (Å²) in [7, 11) is 0. The summed E-state index contributed by atoms with van der Waals surface area (Å²) in [5.41, 5.74) is 0.293. The van der Waals surface area contributed by atoms with E-state index in [1.807, 2.05) is 6.07 Å². The molecule has 0 radical (unpaired) electrons. The minimum Gasteiger partial charge on any atom is -0.283 e. The molecule has 1 amide bonds. The van der Waals surface area contributed by atoms with Gasteiger partial charge in [-0.05, 0) is 0 Å². The highest BCUT2D eigenvalue weighted by Gasteiger charge is 2.07. The van der Waals surface area contributed by atoms with Gasteiger partial charge in [-0.1, -0.05) is 0 Å². The van der Waals surface area contributed by atoms with Crippen LogP contribution < -0.4 is 5.32 Å². The van der Waals surface area contributed by atoms with Crippen LogP contribution in [0.4, 0.5) is 9.93 Å². The Hall–Kier alpha value is -2.20. The molecule has 0 unspecified atom stereocenters. The average molecular weight is 219 g/mol. The summed E-state index contributed by atoms with van der Waals surface area (Å²) in [5.74, 6) is 0. The summed E-state index contributed by atoms with van der Waals surface area (Å²) in [4.78, 5) is 19.1. The fourth-order valence-corrected chi connectivity index (χ4v) is 1.54. The molecule has 15 heavy (non-hydrogen) atoms. The van der Waals surface area contributed by atoms with E-state index in [0.717, 1.165) is 0 Å². The first-order valence-corrected chi connectivity index (χ1v) is 4.82. The van der Waals surface area contributed by atoms with Gasteiger partial charge in [0.15, 0.2) is 10.8 Å². The zero-order valence-electron chi connectivity index (χ0n) is 7.41. The van der Waals surface area contributed by atoms with Crippen molar-refractivity contribution in [1.29, 1.82) is 5.26 Å². The minimum absolute atomic E-state index is 0.293. The number of carbonyl (C=O) groups excluding carboxylic acids is 1. The maximum Gasteiger partial charge on any atom is 0.333 e. The molecule has 2 heterocycles. The summed E-state index contributed by atoms with van der Waals surface area (Å²) in [6.45, 7) is 0. The summed E-state index contributed by atoms with van der Waals surface area (Å²) in [6, 6.07) is 1.53. The topological polar surface area (TPSA) is 83.6 Å². The molecule has 74 valence electrons. The number of thiazole rings is 1. The third kappa shape index (κ3) is 2.00. The monoisotopic (exact) mass is 219 g/mol. The van der Waals surface area contributed by atoms with Crippen molar-refractivity contribution in [3.63, 3.8) is 0 Å². The number of nitrogens with zero attached hydrogens (tertiary/aromatic N) is 4. The van der Waals surface area contributed by atoms with Gasteiger partial charge in [0.25, 0.3) is 0 Å². The van der Waals surface area contributed by atoms with Crippen LogP contribution in [-0.2, 0) is 0 Å². The number of nitriles is 1. The van der Waals surface area contributed by atoms with E-state index in [2.05, 4.69) is 15.3 Å². The highest BCUT2D eigenvalue weighted by atomic mass is 32.1. The molecule has 2 aromatic heterocycles. The number of nitrogens with one attached hydrogen (secondary N) is 1. The molecule has 0 fully saturated rings. The Labute approximate surface area is 88.8 Å². The highest BCUT2D eigenvalue weighted by molar-refractivity contribution is 7.14. The van der Waals surface area contributed by atoms with Crippen LogP contribution >= 0.6 is 11.3 Å². The molecule has 0 bridgehead atoms. The zero-order valence-corrected chi connectivity index (χ0v) is 8.23. The predicted molar refractivity (Wildman–Crippen MR) is 53.5 cm³/mol. The van der Waals surface area contributed by atoms with Gasteiger partial charge >= 0.3 is 6.03 Å². The van der Waals surface area contributed by atoms with Gasteiger partial charge in [0.05, 0.1) is 0 Å². The van der Waals surface area contributed by atoms with E-state index in [9.17, 15) is 4.79 Å². The standard InChI is InChI=1S/C8H5N5OS/c9-3-6-4-15-7(11-6)12-8(14)13-2-1-10-5-13/h1-2,4-5H,(H,11,12,14). The number of anilines is 1. The maximum absolute atomic E-state index is 11.5. The van der Waals surface area contributed by atoms with Crippen LogP contribution in [0.15, 0.2) is 24.1 Å². The third-order valence-corrected chi connectivity index (χ3v) is 2.33. The van der Waals surface area contributed by atoms with Crippen molar-refractivity contribution in [2.24, 2.45) is 0 Å². The average Bonchev–Trinajstić information content (AvgIpc) is 2.87. The minimum atomic E-state index is -0.355. The predicted octanol–water partition coefficient (Wildman–Crippen LogP) is 1.29. The van der Waals surface area contributed by atoms with Crippen LogP contribution in [0.25, 0.3) is 0 Å². The molecule has 2 aromatic rings. The van der Waals surface area contributed by atoms with Crippen molar-refractivity contribution in [3.05, 3.63) is 29.8 Å². The molecule has 2 rings (SSSR count). The van der Waals surface area contributed by atoms with Crippen LogP contribution in [0.2, 0.25) is 0 Å². The van der Waals surface area contributed by atoms with Gasteiger partial charge < -0.3 is 0 Å². The van der Waals surface area contributed by atoms with Gasteiger partial charge in [0.1, 0.15) is 12.4 Å². The van der Waals surface area contributed by atoms with Gasteiger partial charge in [-0.3, -0.25) is 9.88 Å². The number of hydrogen-bond donors (Lipinski definition) is 1. The molecule has 0 aliphatic rings. The molecule has 0 aliphatic carbocycles. The molecule has 0 saturated heterocycles. The van der Waals surface area contributed by atoms with E-state index in [0.29, 0.717) is 10.8 Å². The summed E-state index contributed by atoms with van der Waals surface area (Å²) < 4.78 is 1.29. The second-order valence-corrected chi connectivity index (χ2v) is 3.41. The summed E-state index contributed by atoms with van der Waals surface area (Å²) in [6.07, 6.45) is 4.41. The molecular formula is C8H5N5OS. The lowest BCUT2D eigenvalue weighted by Crippen LogP contribution is -2.17. The molecular weight excluding hydrogens is 214 g/mol. The van der Waals surface area contributed by atoms with Crippen molar-refractivity contribution in [3.8, 4) is 6.07 Å². The largest absolute Gasteiger partial charge is 0.333 e. The maximum atomic E-state index is 11.5. The van der Waals surface area contributed by atoms with E-state index >= 15 is 0 Å². The first-order chi connectivity index (χ1) is 7.29. The Bertz CT molecular complexity index is 509. The van der Waals surface area contributed by atoms with E-state index in [1.165, 1.54) is 34.6 Å². The first kappa shape index (κ1) is 9.36. The van der Waals surface area contributed by atoms with E-state index in [1.54, 1.807) is 5.38 Å². The van der Waals surface area contributed by atoms with Crippen LogP contribution in [-0.4, -0.2) is 20.6 Å². The van der Waals surface area contributed by atoms with Gasteiger partial charge in [0.2, 0.25) is 0 Å². The molecule has 7 heteroatoms. The van der Waals surface area contributed by atoms with Crippen molar-refractivity contribution in [2.45, 2.75) is 0 Å². The molecule has 1 N–H and O–H groups in total. The molecule has 0 aromatic carbocycles. The van der Waals surface area contributed by atoms with E-state index in [-0.39, 0.29) is 6.03 Å². The number of aromatic nitrogens is 3. The lowest BCUT2D eigenvalue weighted by atomic mass is 10.6. The van der Waals surface area contributed by atoms with Gasteiger partial charge in [-0.2, -0.15) is 5.26 Å². The van der Waals surface area contributed by atoms with Crippen molar-refractivity contribution in [2.75, 3.05) is 5.32 Å². The smallest absolute Gasteiger partial charge is 0.283 e. The summed E-state index contributed by atoms with van der Waals surface area (Å²) >= 11 is 1.20. The Morgan fingerprint density at radius 2 is 2.53 bits per heavy atom. The third-order valence-electron chi connectivity index (χ3n) is 1.57. The molecule has 0 aliphatic heterocycles.